The fraction of sp³-hybridized carbons (Fsp3) is 0.556. The highest BCUT2D eigenvalue weighted by molar-refractivity contribution is 5.77. The molecule has 0 unspecified atom stereocenters. The largest absolute Gasteiger partial charge is 0.369 e. The highest BCUT2D eigenvalue weighted by Crippen LogP contribution is 2.15. The van der Waals surface area contributed by atoms with Crippen molar-refractivity contribution in [3.63, 3.8) is 0 Å². The normalized spacial score (nSPS) is 10.5. The quantitative estimate of drug-likeness (QED) is 0.538. The molecule has 1 rings (SSSR count). The topological polar surface area (TPSA) is 98.2 Å². The predicted molar refractivity (Wildman–Crippen MR) is 93.0 cm³/mol. The molecule has 0 aromatic heterocycles. The van der Waals surface area contributed by atoms with Crippen LogP contribution in [0.1, 0.15) is 49.3 Å². The van der Waals surface area contributed by atoms with Gasteiger partial charge in [0.1, 0.15) is 0 Å². The lowest BCUT2D eigenvalue weighted by Gasteiger charge is -2.10. The molecule has 0 fully saturated rings. The van der Waals surface area contributed by atoms with Crippen LogP contribution in [0.4, 0.5) is 0 Å². The van der Waals surface area contributed by atoms with Gasteiger partial charge in [0.2, 0.25) is 11.8 Å². The zero-order valence-electron chi connectivity index (χ0n) is 14.1. The minimum absolute atomic E-state index is 0.0806. The molecule has 0 bridgehead atoms. The van der Waals surface area contributed by atoms with Crippen LogP contribution in [0.25, 0.3) is 0 Å². The van der Waals surface area contributed by atoms with Gasteiger partial charge in [0, 0.05) is 13.0 Å². The molecular weight excluding hydrogens is 290 g/mol. The summed E-state index contributed by atoms with van der Waals surface area (Å²) in [7, 11) is 0. The van der Waals surface area contributed by atoms with Crippen molar-refractivity contribution in [2.24, 2.45) is 11.5 Å². The van der Waals surface area contributed by atoms with Crippen molar-refractivity contribution in [3.8, 4) is 0 Å². The molecule has 0 atom stereocenters. The van der Waals surface area contributed by atoms with E-state index in [0.29, 0.717) is 19.4 Å². The average Bonchev–Trinajstić information content (AvgIpc) is 2.53. The molecule has 5 heteroatoms. The highest BCUT2D eigenvalue weighted by Gasteiger charge is 2.07. The molecule has 0 aliphatic carbocycles. The van der Waals surface area contributed by atoms with Crippen molar-refractivity contribution in [1.29, 1.82) is 0 Å². The molecule has 0 saturated carbocycles. The molecule has 23 heavy (non-hydrogen) atoms. The van der Waals surface area contributed by atoms with E-state index in [1.807, 2.05) is 12.1 Å². The van der Waals surface area contributed by atoms with Crippen molar-refractivity contribution < 1.29 is 9.59 Å². The van der Waals surface area contributed by atoms with Crippen LogP contribution in [0.5, 0.6) is 0 Å². The van der Waals surface area contributed by atoms with Crippen LogP contribution in [0, 0.1) is 0 Å². The number of primary amides is 1. The summed E-state index contributed by atoms with van der Waals surface area (Å²) in [6.07, 6.45) is 5.35. The second kappa shape index (κ2) is 10.8. The van der Waals surface area contributed by atoms with Crippen molar-refractivity contribution in [2.75, 3.05) is 13.1 Å². The standard InChI is InChI=1S/C18H29N3O2/c1-2-15-12-14(6-8-16(15)13-17(20)22)7-9-18(23)21-11-5-3-4-10-19/h6,8,12H,2-5,7,9-11,13,19H2,1H3,(H2,20,22)(H,21,23). The van der Waals surface area contributed by atoms with Gasteiger partial charge in [-0.15, -0.1) is 0 Å². The minimum atomic E-state index is -0.318. The number of aryl methyl sites for hydroxylation is 2. The molecule has 0 radical (unpaired) electrons. The molecule has 0 spiro atoms. The number of nitrogens with one attached hydrogen (secondary N) is 1. The summed E-state index contributed by atoms with van der Waals surface area (Å²) in [4.78, 5) is 22.9. The smallest absolute Gasteiger partial charge is 0.221 e. The average molecular weight is 319 g/mol. The maximum atomic E-state index is 11.8. The number of unbranched alkanes of at least 4 members (excludes halogenated alkanes) is 2. The molecule has 0 aliphatic rings. The summed E-state index contributed by atoms with van der Waals surface area (Å²) in [5.41, 5.74) is 13.9. The summed E-state index contributed by atoms with van der Waals surface area (Å²) in [5.74, 6) is -0.238. The first-order valence-corrected chi connectivity index (χ1v) is 8.42. The molecule has 0 aliphatic heterocycles. The van der Waals surface area contributed by atoms with Crippen LogP contribution in [-0.4, -0.2) is 24.9 Å². The fourth-order valence-corrected chi connectivity index (χ4v) is 2.54. The molecule has 1 aromatic rings. The van der Waals surface area contributed by atoms with Gasteiger partial charge in [-0.2, -0.15) is 0 Å². The van der Waals surface area contributed by atoms with Crippen LogP contribution in [0.3, 0.4) is 0 Å². The first-order valence-electron chi connectivity index (χ1n) is 8.42. The molecule has 0 heterocycles. The molecule has 0 saturated heterocycles. The number of hydrogen-bond donors (Lipinski definition) is 3. The van der Waals surface area contributed by atoms with Crippen molar-refractivity contribution >= 4 is 11.8 Å². The Labute approximate surface area is 138 Å². The van der Waals surface area contributed by atoms with E-state index in [1.165, 1.54) is 0 Å². The Morgan fingerprint density at radius 2 is 1.91 bits per heavy atom. The monoisotopic (exact) mass is 319 g/mol. The lowest BCUT2D eigenvalue weighted by Crippen LogP contribution is -2.24. The zero-order valence-corrected chi connectivity index (χ0v) is 14.1. The van der Waals surface area contributed by atoms with E-state index < -0.39 is 0 Å². The first-order chi connectivity index (χ1) is 11.1. The first kappa shape index (κ1) is 19.2. The van der Waals surface area contributed by atoms with Gasteiger partial charge >= 0.3 is 0 Å². The van der Waals surface area contributed by atoms with Crippen molar-refractivity contribution in [1.82, 2.24) is 5.32 Å². The number of rotatable bonds is 11. The van der Waals surface area contributed by atoms with Gasteiger partial charge in [-0.05, 0) is 48.9 Å². The van der Waals surface area contributed by atoms with E-state index in [1.54, 1.807) is 0 Å². The second-order valence-electron chi connectivity index (χ2n) is 5.80. The van der Waals surface area contributed by atoms with E-state index >= 15 is 0 Å². The Morgan fingerprint density at radius 3 is 2.57 bits per heavy atom. The van der Waals surface area contributed by atoms with Gasteiger partial charge in [0.05, 0.1) is 6.42 Å². The van der Waals surface area contributed by atoms with Crippen molar-refractivity contribution in [3.05, 3.63) is 34.9 Å². The zero-order chi connectivity index (χ0) is 17.1. The third-order valence-corrected chi connectivity index (χ3v) is 3.86. The molecule has 1 aromatic carbocycles. The Hall–Kier alpha value is -1.88. The fourth-order valence-electron chi connectivity index (χ4n) is 2.54. The molecule has 5 nitrogen and oxygen atoms in total. The van der Waals surface area contributed by atoms with Gasteiger partial charge in [0.25, 0.3) is 0 Å². The third-order valence-electron chi connectivity index (χ3n) is 3.86. The van der Waals surface area contributed by atoms with Crippen LogP contribution in [0.15, 0.2) is 18.2 Å². The highest BCUT2D eigenvalue weighted by atomic mass is 16.1. The predicted octanol–water partition coefficient (Wildman–Crippen LogP) is 1.45. The van der Waals surface area contributed by atoms with Gasteiger partial charge in [0.15, 0.2) is 0 Å². The molecular formula is C18H29N3O2. The molecule has 128 valence electrons. The number of benzene rings is 1. The molecule has 2 amide bonds. The van der Waals surface area contributed by atoms with Gasteiger partial charge in [-0.1, -0.05) is 31.5 Å². The van der Waals surface area contributed by atoms with Crippen LogP contribution < -0.4 is 16.8 Å². The Kier molecular flexibility index (Phi) is 8.98. The Bertz CT molecular complexity index is 515. The Balaban J connectivity index is 2.42. The van der Waals surface area contributed by atoms with Crippen LogP contribution >= 0.6 is 0 Å². The van der Waals surface area contributed by atoms with Gasteiger partial charge in [-0.3, -0.25) is 9.59 Å². The maximum Gasteiger partial charge on any atom is 0.221 e. The maximum absolute atomic E-state index is 11.8. The van der Waals surface area contributed by atoms with E-state index in [4.69, 9.17) is 11.5 Å². The summed E-state index contributed by atoms with van der Waals surface area (Å²) in [6, 6.07) is 6.00. The summed E-state index contributed by atoms with van der Waals surface area (Å²) < 4.78 is 0. The number of carbonyl (C=O) groups is 2. The van der Waals surface area contributed by atoms with E-state index in [-0.39, 0.29) is 18.2 Å². The lowest BCUT2D eigenvalue weighted by molar-refractivity contribution is -0.121. The second-order valence-corrected chi connectivity index (χ2v) is 5.80. The third kappa shape index (κ3) is 7.79. The van der Waals surface area contributed by atoms with Crippen LogP contribution in [-0.2, 0) is 28.9 Å². The summed E-state index contributed by atoms with van der Waals surface area (Å²) in [5, 5.41) is 2.94. The SMILES string of the molecule is CCc1cc(CCC(=O)NCCCCCN)ccc1CC(N)=O. The van der Waals surface area contributed by atoms with Gasteiger partial charge < -0.3 is 16.8 Å². The minimum Gasteiger partial charge on any atom is -0.369 e. The lowest BCUT2D eigenvalue weighted by atomic mass is 9.97. The Morgan fingerprint density at radius 1 is 1.13 bits per heavy atom. The number of nitrogens with two attached hydrogens (primary N) is 2. The van der Waals surface area contributed by atoms with Crippen LogP contribution in [0.2, 0.25) is 0 Å². The number of carbonyl (C=O) groups excluding carboxylic acids is 2. The number of hydrogen-bond acceptors (Lipinski definition) is 3. The molecule has 5 N–H and O–H groups in total. The van der Waals surface area contributed by atoms with Crippen molar-refractivity contribution in [2.45, 2.75) is 51.9 Å². The number of amides is 2. The van der Waals surface area contributed by atoms with Gasteiger partial charge in [-0.25, -0.2) is 0 Å². The summed E-state index contributed by atoms with van der Waals surface area (Å²) in [6.45, 7) is 3.48. The summed E-state index contributed by atoms with van der Waals surface area (Å²) >= 11 is 0. The van der Waals surface area contributed by atoms with E-state index in [9.17, 15) is 9.59 Å². The van der Waals surface area contributed by atoms with E-state index in [2.05, 4.69) is 18.3 Å². The van der Waals surface area contributed by atoms with E-state index in [0.717, 1.165) is 48.9 Å².